The zero-order valence-corrected chi connectivity index (χ0v) is 16.9. The standard InChI is InChI=1S/C22H17FN4O3S/c23-15-6-4-13(5-7-15)17-11-31-21-19(17)20(25-12-26-21)24-9-8-18(28)27-16-3-1-2-14(10-16)22(29)30/h1-7,10-12H,8-9H2,(H,27,28)(H,29,30)(H,24,25,26). The number of anilines is 2. The highest BCUT2D eigenvalue weighted by Crippen LogP contribution is 2.36. The molecule has 2 heterocycles. The first-order valence-corrected chi connectivity index (χ1v) is 10.2. The first-order valence-electron chi connectivity index (χ1n) is 9.36. The van der Waals surface area contributed by atoms with E-state index >= 15 is 0 Å². The van der Waals surface area contributed by atoms with Crippen LogP contribution in [0.2, 0.25) is 0 Å². The summed E-state index contributed by atoms with van der Waals surface area (Å²) in [5.41, 5.74) is 2.26. The molecule has 0 radical (unpaired) electrons. The van der Waals surface area contributed by atoms with E-state index in [1.54, 1.807) is 24.3 Å². The first kappa shape index (κ1) is 20.4. The summed E-state index contributed by atoms with van der Waals surface area (Å²) >= 11 is 1.46. The quantitative estimate of drug-likeness (QED) is 0.390. The molecule has 4 rings (SSSR count). The summed E-state index contributed by atoms with van der Waals surface area (Å²) < 4.78 is 13.3. The molecule has 7 nitrogen and oxygen atoms in total. The van der Waals surface area contributed by atoms with Gasteiger partial charge in [-0.1, -0.05) is 18.2 Å². The molecule has 0 aliphatic rings. The Balaban J connectivity index is 1.45. The number of thiophene rings is 1. The van der Waals surface area contributed by atoms with Crippen LogP contribution in [0.4, 0.5) is 15.9 Å². The number of carboxylic acid groups (broad SMARTS) is 1. The Bertz CT molecular complexity index is 1260. The number of carbonyl (C=O) groups excluding carboxylic acids is 1. The van der Waals surface area contributed by atoms with Gasteiger partial charge in [0.25, 0.3) is 0 Å². The molecule has 0 spiro atoms. The Labute approximate surface area is 180 Å². The predicted octanol–water partition coefficient (Wildman–Crippen LogP) is 4.64. The Morgan fingerprint density at radius 1 is 1.10 bits per heavy atom. The SMILES string of the molecule is O=C(CCNc1ncnc2scc(-c3ccc(F)cc3)c12)Nc1cccc(C(=O)O)c1. The van der Waals surface area contributed by atoms with Gasteiger partial charge < -0.3 is 15.7 Å². The number of hydrogen-bond donors (Lipinski definition) is 3. The van der Waals surface area contributed by atoms with E-state index in [4.69, 9.17) is 5.11 Å². The molecule has 3 N–H and O–H groups in total. The van der Waals surface area contributed by atoms with Gasteiger partial charge in [-0.15, -0.1) is 11.3 Å². The molecule has 31 heavy (non-hydrogen) atoms. The van der Waals surface area contributed by atoms with Crippen LogP contribution in [0.3, 0.4) is 0 Å². The average molecular weight is 436 g/mol. The first-order chi connectivity index (χ1) is 15.0. The molecule has 9 heteroatoms. The zero-order chi connectivity index (χ0) is 21.8. The van der Waals surface area contributed by atoms with Gasteiger partial charge in [-0.2, -0.15) is 0 Å². The van der Waals surface area contributed by atoms with Gasteiger partial charge in [0.1, 0.15) is 22.8 Å². The van der Waals surface area contributed by atoms with Crippen molar-refractivity contribution < 1.29 is 19.1 Å². The van der Waals surface area contributed by atoms with Crippen LogP contribution in [0.1, 0.15) is 16.8 Å². The summed E-state index contributed by atoms with van der Waals surface area (Å²) in [5, 5.41) is 17.7. The van der Waals surface area contributed by atoms with Crippen LogP contribution in [0.5, 0.6) is 0 Å². The average Bonchev–Trinajstić information content (AvgIpc) is 3.19. The minimum Gasteiger partial charge on any atom is -0.478 e. The third kappa shape index (κ3) is 4.67. The molecule has 0 aliphatic heterocycles. The maximum Gasteiger partial charge on any atom is 0.335 e. The fourth-order valence-corrected chi connectivity index (χ4v) is 4.01. The Morgan fingerprint density at radius 2 is 1.90 bits per heavy atom. The Kier molecular flexibility index (Phi) is 5.85. The smallest absolute Gasteiger partial charge is 0.335 e. The van der Waals surface area contributed by atoms with Crippen molar-refractivity contribution in [1.29, 1.82) is 0 Å². The fraction of sp³-hybridized carbons (Fsp3) is 0.0909. The Morgan fingerprint density at radius 3 is 2.68 bits per heavy atom. The van der Waals surface area contributed by atoms with Crippen LogP contribution in [0, 0.1) is 5.82 Å². The molecule has 2 aromatic carbocycles. The van der Waals surface area contributed by atoms with Gasteiger partial charge in [-0.25, -0.2) is 19.2 Å². The van der Waals surface area contributed by atoms with E-state index in [0.29, 0.717) is 18.1 Å². The van der Waals surface area contributed by atoms with Crippen LogP contribution >= 0.6 is 11.3 Å². The summed E-state index contributed by atoms with van der Waals surface area (Å²) in [6.07, 6.45) is 1.60. The lowest BCUT2D eigenvalue weighted by molar-refractivity contribution is -0.115. The van der Waals surface area contributed by atoms with Gasteiger partial charge in [-0.05, 0) is 35.9 Å². The second kappa shape index (κ2) is 8.88. The normalized spacial score (nSPS) is 10.7. The molecule has 0 unspecified atom stereocenters. The number of halogens is 1. The molecule has 156 valence electrons. The molecule has 4 aromatic rings. The van der Waals surface area contributed by atoms with Crippen LogP contribution < -0.4 is 10.6 Å². The number of carboxylic acids is 1. The molecule has 0 atom stereocenters. The van der Waals surface area contributed by atoms with Crippen molar-refractivity contribution >= 4 is 44.9 Å². The second-order valence-electron chi connectivity index (χ2n) is 6.67. The zero-order valence-electron chi connectivity index (χ0n) is 16.1. The van der Waals surface area contributed by atoms with Crippen LogP contribution in [0.15, 0.2) is 60.2 Å². The number of fused-ring (bicyclic) bond motifs is 1. The molecule has 1 amide bonds. The number of benzene rings is 2. The summed E-state index contributed by atoms with van der Waals surface area (Å²) in [4.78, 5) is 32.7. The maximum atomic E-state index is 13.3. The third-order valence-electron chi connectivity index (χ3n) is 4.56. The monoisotopic (exact) mass is 436 g/mol. The number of nitrogens with zero attached hydrogens (tertiary/aromatic N) is 2. The van der Waals surface area contributed by atoms with Crippen molar-refractivity contribution in [3.63, 3.8) is 0 Å². The van der Waals surface area contributed by atoms with E-state index in [2.05, 4.69) is 20.6 Å². The second-order valence-corrected chi connectivity index (χ2v) is 7.53. The van der Waals surface area contributed by atoms with E-state index in [0.717, 1.165) is 21.3 Å². The lowest BCUT2D eigenvalue weighted by Gasteiger charge is -2.09. The lowest BCUT2D eigenvalue weighted by Crippen LogP contribution is -2.17. The number of carbonyl (C=O) groups is 2. The number of nitrogens with one attached hydrogen (secondary N) is 2. The van der Waals surface area contributed by atoms with E-state index < -0.39 is 5.97 Å². The number of amides is 1. The van der Waals surface area contributed by atoms with Gasteiger partial charge in [0.05, 0.1) is 10.9 Å². The van der Waals surface area contributed by atoms with Crippen LogP contribution in [-0.4, -0.2) is 33.5 Å². The molecular weight excluding hydrogens is 419 g/mol. The van der Waals surface area contributed by atoms with Gasteiger partial charge in [-0.3, -0.25) is 4.79 Å². The van der Waals surface area contributed by atoms with Crippen molar-refractivity contribution in [2.24, 2.45) is 0 Å². The highest BCUT2D eigenvalue weighted by Gasteiger charge is 2.14. The summed E-state index contributed by atoms with van der Waals surface area (Å²) in [6.45, 7) is 0.315. The van der Waals surface area contributed by atoms with E-state index in [-0.39, 0.29) is 23.7 Å². The van der Waals surface area contributed by atoms with Crippen molar-refractivity contribution in [2.75, 3.05) is 17.2 Å². The molecular formula is C22H17FN4O3S. The molecule has 2 aromatic heterocycles. The number of hydrogen-bond acceptors (Lipinski definition) is 6. The number of rotatable bonds is 7. The topological polar surface area (TPSA) is 104 Å². The fourth-order valence-electron chi connectivity index (χ4n) is 3.10. The highest BCUT2D eigenvalue weighted by molar-refractivity contribution is 7.17. The Hall–Kier alpha value is -3.85. The number of aromatic carboxylic acids is 1. The molecule has 0 aliphatic carbocycles. The predicted molar refractivity (Wildman–Crippen MR) is 118 cm³/mol. The van der Waals surface area contributed by atoms with Crippen molar-refractivity contribution in [1.82, 2.24) is 9.97 Å². The minimum atomic E-state index is -1.06. The highest BCUT2D eigenvalue weighted by atomic mass is 32.1. The van der Waals surface area contributed by atoms with Gasteiger partial charge in [0.2, 0.25) is 5.91 Å². The minimum absolute atomic E-state index is 0.102. The number of aromatic nitrogens is 2. The van der Waals surface area contributed by atoms with E-state index in [1.807, 2.05) is 5.38 Å². The summed E-state index contributed by atoms with van der Waals surface area (Å²) in [7, 11) is 0. The van der Waals surface area contributed by atoms with Gasteiger partial charge in [0.15, 0.2) is 0 Å². The molecule has 0 bridgehead atoms. The largest absolute Gasteiger partial charge is 0.478 e. The van der Waals surface area contributed by atoms with Gasteiger partial charge in [0, 0.05) is 29.6 Å². The van der Waals surface area contributed by atoms with E-state index in [9.17, 15) is 14.0 Å². The molecule has 0 fully saturated rings. The molecule has 0 saturated carbocycles. The summed E-state index contributed by atoms with van der Waals surface area (Å²) in [5.74, 6) is -1.04. The van der Waals surface area contributed by atoms with Crippen molar-refractivity contribution in [2.45, 2.75) is 6.42 Å². The third-order valence-corrected chi connectivity index (χ3v) is 5.45. The van der Waals surface area contributed by atoms with E-state index in [1.165, 1.54) is 41.9 Å². The summed E-state index contributed by atoms with van der Waals surface area (Å²) in [6, 6.07) is 12.3. The van der Waals surface area contributed by atoms with Crippen LogP contribution in [-0.2, 0) is 4.79 Å². The maximum absolute atomic E-state index is 13.3. The van der Waals surface area contributed by atoms with Gasteiger partial charge >= 0.3 is 5.97 Å². The lowest BCUT2D eigenvalue weighted by atomic mass is 10.1. The van der Waals surface area contributed by atoms with Crippen LogP contribution in [0.25, 0.3) is 21.3 Å². The molecule has 0 saturated heterocycles. The van der Waals surface area contributed by atoms with Crippen molar-refractivity contribution in [3.05, 3.63) is 71.6 Å². The van der Waals surface area contributed by atoms with Crippen molar-refractivity contribution in [3.8, 4) is 11.1 Å².